The van der Waals surface area contributed by atoms with E-state index in [0.29, 0.717) is 6.07 Å². The molecule has 0 fully saturated rings. The van der Waals surface area contributed by atoms with Crippen LogP contribution in [0.2, 0.25) is 0 Å². The van der Waals surface area contributed by atoms with Crippen molar-refractivity contribution in [2.24, 2.45) is 0 Å². The molecule has 0 aliphatic heterocycles. The zero-order valence-electron chi connectivity index (χ0n) is 7.69. The number of aromatic amines is 1. The van der Waals surface area contributed by atoms with E-state index in [1.807, 2.05) is 0 Å². The molecule has 0 spiro atoms. The van der Waals surface area contributed by atoms with Gasteiger partial charge in [0, 0.05) is 6.07 Å². The average molecular weight is 292 g/mol. The van der Waals surface area contributed by atoms with Crippen molar-refractivity contribution in [3.63, 3.8) is 0 Å². The van der Waals surface area contributed by atoms with Crippen LogP contribution in [0.3, 0.4) is 0 Å². The lowest BCUT2D eigenvalue weighted by Crippen LogP contribution is -1.96. The van der Waals surface area contributed by atoms with Crippen LogP contribution in [0.25, 0.3) is 11.3 Å². The van der Waals surface area contributed by atoms with Gasteiger partial charge in [0.15, 0.2) is 11.6 Å². The minimum atomic E-state index is -1.29. The van der Waals surface area contributed by atoms with Crippen LogP contribution >= 0.6 is 15.9 Å². The lowest BCUT2D eigenvalue weighted by atomic mass is 10.1. The molecule has 16 heavy (non-hydrogen) atoms. The smallest absolute Gasteiger partial charge is 0.171 e. The molecule has 0 aliphatic carbocycles. The molecule has 1 aromatic heterocycles. The molecule has 0 radical (unpaired) electrons. The summed E-state index contributed by atoms with van der Waals surface area (Å²) in [6, 6.07) is 1.93. The number of nitrogen functional groups attached to an aromatic ring is 1. The van der Waals surface area contributed by atoms with Crippen molar-refractivity contribution in [1.29, 1.82) is 0 Å². The molecule has 7 heteroatoms. The molecule has 0 saturated carbocycles. The molecule has 3 nitrogen and oxygen atoms in total. The topological polar surface area (TPSA) is 54.7 Å². The molecule has 2 rings (SSSR count). The van der Waals surface area contributed by atoms with E-state index in [9.17, 15) is 13.2 Å². The van der Waals surface area contributed by atoms with Crippen molar-refractivity contribution >= 4 is 21.7 Å². The monoisotopic (exact) mass is 291 g/mol. The third kappa shape index (κ3) is 1.67. The number of nitrogens with two attached hydrogens (primary N) is 1. The Morgan fingerprint density at radius 1 is 1.19 bits per heavy atom. The molecule has 2 aromatic rings. The molecule has 84 valence electrons. The Bertz CT molecular complexity index is 527. The van der Waals surface area contributed by atoms with Crippen molar-refractivity contribution in [2.75, 3.05) is 5.73 Å². The summed E-state index contributed by atoms with van der Waals surface area (Å²) in [5, 5.41) is 5.83. The number of rotatable bonds is 1. The van der Waals surface area contributed by atoms with Crippen LogP contribution in [-0.2, 0) is 0 Å². The second-order valence-corrected chi connectivity index (χ2v) is 3.90. The van der Waals surface area contributed by atoms with Crippen LogP contribution in [0.4, 0.5) is 19.0 Å². The largest absolute Gasteiger partial charge is 0.382 e. The minimum Gasteiger partial charge on any atom is -0.382 e. The zero-order chi connectivity index (χ0) is 11.9. The van der Waals surface area contributed by atoms with Crippen molar-refractivity contribution in [2.45, 2.75) is 0 Å². The Hall–Kier alpha value is -1.50. The first-order chi connectivity index (χ1) is 7.50. The van der Waals surface area contributed by atoms with Crippen molar-refractivity contribution < 1.29 is 13.2 Å². The molecule has 0 unspecified atom stereocenters. The van der Waals surface area contributed by atoms with Crippen LogP contribution in [0, 0.1) is 17.5 Å². The van der Waals surface area contributed by atoms with Crippen molar-refractivity contribution in [3.8, 4) is 11.3 Å². The van der Waals surface area contributed by atoms with E-state index < -0.39 is 23.0 Å². The number of hydrogen-bond donors (Lipinski definition) is 2. The highest BCUT2D eigenvalue weighted by Crippen LogP contribution is 2.31. The summed E-state index contributed by atoms with van der Waals surface area (Å²) < 4.78 is 39.9. The molecule has 0 aliphatic rings. The Morgan fingerprint density at radius 2 is 1.88 bits per heavy atom. The number of nitrogens with one attached hydrogen (secondary N) is 1. The van der Waals surface area contributed by atoms with E-state index in [0.717, 1.165) is 0 Å². The summed E-state index contributed by atoms with van der Waals surface area (Å²) >= 11 is 2.79. The third-order valence-electron chi connectivity index (χ3n) is 1.98. The third-order valence-corrected chi connectivity index (χ3v) is 2.56. The van der Waals surface area contributed by atoms with E-state index in [1.165, 1.54) is 6.07 Å². The standard InChI is InChI=1S/C9H5BrF3N3/c10-3-1-4(11)9(13)7(8(3)12)5-2-6(14)16-15-5/h1-2H,(H3,14,15,16). The van der Waals surface area contributed by atoms with E-state index >= 15 is 0 Å². The SMILES string of the molecule is Nc1cc(-c2c(F)c(F)cc(Br)c2F)[nH]n1. The lowest BCUT2D eigenvalue weighted by Gasteiger charge is -2.04. The Labute approximate surface area is 96.6 Å². The van der Waals surface area contributed by atoms with E-state index in [2.05, 4.69) is 26.1 Å². The number of anilines is 1. The quantitative estimate of drug-likeness (QED) is 0.794. The van der Waals surface area contributed by atoms with Gasteiger partial charge in [-0.2, -0.15) is 5.10 Å². The highest BCUT2D eigenvalue weighted by atomic mass is 79.9. The summed E-state index contributed by atoms with van der Waals surface area (Å²) in [4.78, 5) is 0. The number of hydrogen-bond acceptors (Lipinski definition) is 2. The molecule has 1 aromatic carbocycles. The van der Waals surface area contributed by atoms with Crippen LogP contribution in [0.1, 0.15) is 0 Å². The molecular formula is C9H5BrF3N3. The van der Waals surface area contributed by atoms with Gasteiger partial charge in [-0.15, -0.1) is 0 Å². The van der Waals surface area contributed by atoms with Gasteiger partial charge < -0.3 is 5.73 Å². The minimum absolute atomic E-state index is 0.0206. The lowest BCUT2D eigenvalue weighted by molar-refractivity contribution is 0.496. The predicted molar refractivity (Wildman–Crippen MR) is 56.0 cm³/mol. The summed E-state index contributed by atoms with van der Waals surface area (Å²) in [6.07, 6.45) is 0. The van der Waals surface area contributed by atoms with Gasteiger partial charge in [-0.1, -0.05) is 0 Å². The molecule has 3 N–H and O–H groups in total. The van der Waals surface area contributed by atoms with Gasteiger partial charge in [-0.05, 0) is 22.0 Å². The maximum atomic E-state index is 13.6. The van der Waals surface area contributed by atoms with Crippen LogP contribution in [0.5, 0.6) is 0 Å². The van der Waals surface area contributed by atoms with Crippen LogP contribution in [-0.4, -0.2) is 10.2 Å². The summed E-state index contributed by atoms with van der Waals surface area (Å²) in [5.41, 5.74) is 4.75. The number of halogens is 4. The highest BCUT2D eigenvalue weighted by Gasteiger charge is 2.20. The second kappa shape index (κ2) is 3.82. The van der Waals surface area contributed by atoms with Crippen LogP contribution in [0.15, 0.2) is 16.6 Å². The molecule has 0 atom stereocenters. The number of aromatic nitrogens is 2. The number of H-pyrrole nitrogens is 1. The Balaban J connectivity index is 2.73. The van der Waals surface area contributed by atoms with Crippen LogP contribution < -0.4 is 5.73 Å². The maximum absolute atomic E-state index is 13.6. The molecular weight excluding hydrogens is 287 g/mol. The molecule has 0 amide bonds. The highest BCUT2D eigenvalue weighted by molar-refractivity contribution is 9.10. The van der Waals surface area contributed by atoms with E-state index in [4.69, 9.17) is 5.73 Å². The molecule has 0 saturated heterocycles. The van der Waals surface area contributed by atoms with Gasteiger partial charge in [0.1, 0.15) is 11.6 Å². The Morgan fingerprint density at radius 3 is 2.44 bits per heavy atom. The van der Waals surface area contributed by atoms with Gasteiger partial charge in [0.25, 0.3) is 0 Å². The summed E-state index contributed by atoms with van der Waals surface area (Å²) in [6.45, 7) is 0. The Kier molecular flexibility index (Phi) is 2.63. The maximum Gasteiger partial charge on any atom is 0.171 e. The first-order valence-corrected chi connectivity index (χ1v) is 4.94. The fraction of sp³-hybridized carbons (Fsp3) is 0. The fourth-order valence-electron chi connectivity index (χ4n) is 1.27. The van der Waals surface area contributed by atoms with E-state index in [1.54, 1.807) is 0 Å². The number of nitrogens with zero attached hydrogens (tertiary/aromatic N) is 1. The second-order valence-electron chi connectivity index (χ2n) is 3.05. The summed E-state index contributed by atoms with van der Waals surface area (Å²) in [7, 11) is 0. The van der Waals surface area contributed by atoms with Gasteiger partial charge >= 0.3 is 0 Å². The van der Waals surface area contributed by atoms with Gasteiger partial charge in [-0.25, -0.2) is 13.2 Å². The molecule has 1 heterocycles. The van der Waals surface area contributed by atoms with E-state index in [-0.39, 0.29) is 16.0 Å². The van der Waals surface area contributed by atoms with Crippen molar-refractivity contribution in [3.05, 3.63) is 34.1 Å². The van der Waals surface area contributed by atoms with Gasteiger partial charge in [-0.3, -0.25) is 5.10 Å². The van der Waals surface area contributed by atoms with Gasteiger partial charge in [0.05, 0.1) is 15.7 Å². The first-order valence-electron chi connectivity index (χ1n) is 4.15. The summed E-state index contributed by atoms with van der Waals surface area (Å²) in [5.74, 6) is -3.29. The first kappa shape index (κ1) is 11.0. The zero-order valence-corrected chi connectivity index (χ0v) is 9.28. The average Bonchev–Trinajstić information content (AvgIpc) is 2.62. The molecule has 0 bridgehead atoms. The normalized spacial score (nSPS) is 10.8. The fourth-order valence-corrected chi connectivity index (χ4v) is 1.67. The number of benzene rings is 1. The van der Waals surface area contributed by atoms with Gasteiger partial charge in [0.2, 0.25) is 0 Å². The van der Waals surface area contributed by atoms with Crippen molar-refractivity contribution in [1.82, 2.24) is 10.2 Å². The predicted octanol–water partition coefficient (Wildman–Crippen LogP) is 2.84.